The summed E-state index contributed by atoms with van der Waals surface area (Å²) in [5.41, 5.74) is 3.80. The standard InChI is InChI=1S/C27H29F2N3O4/c1-36-27(35)31-12-11-16-8-10-23-24(19(16)14-31)30-25(17-5-3-2-4-6-17)32(23)15-20(26(33)34)18-7-9-21(28)22(29)13-18/h7-10,13,17,20H,2-6,11-12,14-15H2,1H3,(H,33,34)/t20-/m1/s1. The molecule has 3 aromatic rings. The molecule has 190 valence electrons. The third-order valence-electron chi connectivity index (χ3n) is 7.56. The molecule has 9 heteroatoms. The molecule has 0 radical (unpaired) electrons. The number of ether oxygens (including phenoxy) is 1. The molecule has 0 unspecified atom stereocenters. The average Bonchev–Trinajstić information content (AvgIpc) is 3.27. The molecule has 5 rings (SSSR count). The first kappa shape index (κ1) is 24.2. The van der Waals surface area contributed by atoms with Crippen LogP contribution in [-0.4, -0.2) is 45.3 Å². The minimum atomic E-state index is -1.12. The Morgan fingerprint density at radius 3 is 2.61 bits per heavy atom. The third-order valence-corrected chi connectivity index (χ3v) is 7.56. The fourth-order valence-corrected chi connectivity index (χ4v) is 5.63. The maximum atomic E-state index is 14.0. The summed E-state index contributed by atoms with van der Waals surface area (Å²) < 4.78 is 34.4. The fraction of sp³-hybridized carbons (Fsp3) is 0.444. The van der Waals surface area contributed by atoms with Crippen molar-refractivity contribution in [2.75, 3.05) is 13.7 Å². The normalized spacial score (nSPS) is 17.1. The molecule has 2 heterocycles. The van der Waals surface area contributed by atoms with Crippen LogP contribution in [-0.2, 0) is 29.0 Å². The van der Waals surface area contributed by atoms with Crippen LogP contribution in [0.25, 0.3) is 11.0 Å². The van der Waals surface area contributed by atoms with E-state index in [-0.39, 0.29) is 18.0 Å². The van der Waals surface area contributed by atoms with Crippen LogP contribution in [0.4, 0.5) is 13.6 Å². The number of benzene rings is 2. The first-order valence-corrected chi connectivity index (χ1v) is 12.4. The summed E-state index contributed by atoms with van der Waals surface area (Å²) >= 11 is 0. The summed E-state index contributed by atoms with van der Waals surface area (Å²) in [6.07, 6.45) is 5.52. The van der Waals surface area contributed by atoms with E-state index >= 15 is 0 Å². The number of carbonyl (C=O) groups excluding carboxylic acids is 1. The van der Waals surface area contributed by atoms with Gasteiger partial charge in [0.1, 0.15) is 5.82 Å². The summed E-state index contributed by atoms with van der Waals surface area (Å²) in [5, 5.41) is 10.1. The number of carbonyl (C=O) groups is 2. The van der Waals surface area contributed by atoms with Crippen LogP contribution in [0.2, 0.25) is 0 Å². The summed E-state index contributed by atoms with van der Waals surface area (Å²) in [5.74, 6) is -3.28. The van der Waals surface area contributed by atoms with E-state index in [2.05, 4.69) is 0 Å². The SMILES string of the molecule is COC(=O)N1CCc2ccc3c(nc(C4CCCCC4)n3C[C@@H](C(=O)O)c3ccc(F)c(F)c3)c2C1. The zero-order chi connectivity index (χ0) is 25.4. The minimum absolute atomic E-state index is 0.0439. The molecule has 1 amide bonds. The van der Waals surface area contributed by atoms with Gasteiger partial charge < -0.3 is 19.3 Å². The van der Waals surface area contributed by atoms with E-state index in [4.69, 9.17) is 9.72 Å². The van der Waals surface area contributed by atoms with E-state index in [0.29, 0.717) is 19.5 Å². The first-order valence-electron chi connectivity index (χ1n) is 12.4. The highest BCUT2D eigenvalue weighted by Crippen LogP contribution is 2.37. The number of nitrogens with zero attached hydrogens (tertiary/aromatic N) is 3. The second-order valence-corrected chi connectivity index (χ2v) is 9.69. The van der Waals surface area contributed by atoms with E-state index in [9.17, 15) is 23.5 Å². The van der Waals surface area contributed by atoms with Crippen LogP contribution >= 0.6 is 0 Å². The van der Waals surface area contributed by atoms with Gasteiger partial charge in [-0.15, -0.1) is 0 Å². The number of fused-ring (bicyclic) bond motifs is 3. The molecule has 1 aliphatic carbocycles. The molecular formula is C27H29F2N3O4. The Bertz CT molecular complexity index is 1320. The van der Waals surface area contributed by atoms with E-state index in [1.807, 2.05) is 16.7 Å². The monoisotopic (exact) mass is 497 g/mol. The molecule has 2 aromatic carbocycles. The van der Waals surface area contributed by atoms with Crippen LogP contribution in [0, 0.1) is 11.6 Å². The Balaban J connectivity index is 1.62. The molecule has 0 spiro atoms. The van der Waals surface area contributed by atoms with Crippen LogP contribution in [0.15, 0.2) is 30.3 Å². The van der Waals surface area contributed by atoms with Crippen LogP contribution in [0.3, 0.4) is 0 Å². The predicted molar refractivity (Wildman–Crippen MR) is 129 cm³/mol. The number of amides is 1. The van der Waals surface area contributed by atoms with Crippen molar-refractivity contribution in [3.05, 3.63) is 64.5 Å². The smallest absolute Gasteiger partial charge is 0.409 e. The minimum Gasteiger partial charge on any atom is -0.481 e. The Hall–Kier alpha value is -3.49. The number of hydrogen-bond acceptors (Lipinski definition) is 4. The second-order valence-electron chi connectivity index (χ2n) is 9.69. The van der Waals surface area contributed by atoms with Gasteiger partial charge in [0, 0.05) is 24.6 Å². The zero-order valence-electron chi connectivity index (χ0n) is 20.2. The summed E-state index contributed by atoms with van der Waals surface area (Å²) in [7, 11) is 1.36. The van der Waals surface area contributed by atoms with Crippen molar-refractivity contribution < 1.29 is 28.2 Å². The van der Waals surface area contributed by atoms with Gasteiger partial charge in [-0.1, -0.05) is 31.4 Å². The van der Waals surface area contributed by atoms with Gasteiger partial charge in [0.15, 0.2) is 11.6 Å². The maximum Gasteiger partial charge on any atom is 0.409 e. The van der Waals surface area contributed by atoms with Crippen molar-refractivity contribution in [2.45, 2.75) is 63.5 Å². The van der Waals surface area contributed by atoms with Gasteiger partial charge in [-0.05, 0) is 48.6 Å². The number of halogens is 2. The largest absolute Gasteiger partial charge is 0.481 e. The highest BCUT2D eigenvalue weighted by atomic mass is 19.2. The molecule has 2 aliphatic rings. The van der Waals surface area contributed by atoms with Crippen molar-refractivity contribution in [1.29, 1.82) is 0 Å². The lowest BCUT2D eigenvalue weighted by atomic mass is 9.88. The number of hydrogen-bond donors (Lipinski definition) is 1. The predicted octanol–water partition coefficient (Wildman–Crippen LogP) is 5.36. The number of imidazole rings is 1. The first-order chi connectivity index (χ1) is 17.4. The Morgan fingerprint density at radius 2 is 1.92 bits per heavy atom. The van der Waals surface area contributed by atoms with Gasteiger partial charge in [0.25, 0.3) is 0 Å². The molecule has 1 aliphatic heterocycles. The molecular weight excluding hydrogens is 468 g/mol. The van der Waals surface area contributed by atoms with Gasteiger partial charge in [-0.2, -0.15) is 0 Å². The van der Waals surface area contributed by atoms with Crippen molar-refractivity contribution >= 4 is 23.1 Å². The summed E-state index contributed by atoms with van der Waals surface area (Å²) in [6.45, 7) is 0.965. The number of carboxylic acids is 1. The topological polar surface area (TPSA) is 84.7 Å². The number of rotatable bonds is 5. The van der Waals surface area contributed by atoms with Crippen molar-refractivity contribution in [3.8, 4) is 0 Å². The van der Waals surface area contributed by atoms with E-state index in [1.165, 1.54) is 13.2 Å². The summed E-state index contributed by atoms with van der Waals surface area (Å²) in [6, 6.07) is 7.23. The Morgan fingerprint density at radius 1 is 1.14 bits per heavy atom. The van der Waals surface area contributed by atoms with Gasteiger partial charge in [-0.3, -0.25) is 4.79 Å². The molecule has 1 saturated carbocycles. The maximum absolute atomic E-state index is 14.0. The van der Waals surface area contributed by atoms with E-state index in [0.717, 1.165) is 72.2 Å². The van der Waals surface area contributed by atoms with E-state index in [1.54, 1.807) is 4.90 Å². The lowest BCUT2D eigenvalue weighted by Crippen LogP contribution is -2.35. The fourth-order valence-electron chi connectivity index (χ4n) is 5.63. The van der Waals surface area contributed by atoms with Crippen LogP contribution in [0.1, 0.15) is 66.5 Å². The Kier molecular flexibility index (Phi) is 6.64. The lowest BCUT2D eigenvalue weighted by molar-refractivity contribution is -0.139. The molecule has 7 nitrogen and oxygen atoms in total. The van der Waals surface area contributed by atoms with Crippen molar-refractivity contribution in [1.82, 2.24) is 14.5 Å². The highest BCUT2D eigenvalue weighted by molar-refractivity contribution is 5.83. The quantitative estimate of drug-likeness (QED) is 0.513. The van der Waals surface area contributed by atoms with Crippen molar-refractivity contribution in [2.24, 2.45) is 0 Å². The molecule has 0 bridgehead atoms. The zero-order valence-corrected chi connectivity index (χ0v) is 20.2. The van der Waals surface area contributed by atoms with Crippen molar-refractivity contribution in [3.63, 3.8) is 0 Å². The Labute approximate surface area is 207 Å². The summed E-state index contributed by atoms with van der Waals surface area (Å²) in [4.78, 5) is 31.2. The molecule has 0 saturated heterocycles. The lowest BCUT2D eigenvalue weighted by Gasteiger charge is -2.27. The molecule has 1 fully saturated rings. The molecule has 36 heavy (non-hydrogen) atoms. The van der Waals surface area contributed by atoms with Crippen LogP contribution in [0.5, 0.6) is 0 Å². The van der Waals surface area contributed by atoms with Gasteiger partial charge in [0.05, 0.1) is 30.6 Å². The van der Waals surface area contributed by atoms with Crippen LogP contribution < -0.4 is 0 Å². The van der Waals surface area contributed by atoms with Gasteiger partial charge >= 0.3 is 12.1 Å². The molecule has 1 aromatic heterocycles. The number of carboxylic acid groups (broad SMARTS) is 1. The second kappa shape index (κ2) is 9.87. The molecule has 1 N–H and O–H groups in total. The number of aromatic nitrogens is 2. The van der Waals surface area contributed by atoms with Gasteiger partial charge in [0.2, 0.25) is 0 Å². The molecule has 1 atom stereocenters. The third kappa shape index (κ3) is 4.42. The highest BCUT2D eigenvalue weighted by Gasteiger charge is 2.30. The number of aliphatic carboxylic acids is 1. The van der Waals surface area contributed by atoms with E-state index < -0.39 is 29.6 Å². The van der Waals surface area contributed by atoms with Gasteiger partial charge in [-0.25, -0.2) is 18.6 Å². The average molecular weight is 498 g/mol. The number of methoxy groups -OCH3 is 1.